The lowest BCUT2D eigenvalue weighted by Crippen LogP contribution is -2.43. The van der Waals surface area contributed by atoms with E-state index < -0.39 is 29.5 Å². The summed E-state index contributed by atoms with van der Waals surface area (Å²) in [4.78, 5) is 0. The van der Waals surface area contributed by atoms with Crippen LogP contribution in [0, 0.1) is 0 Å². The minimum atomic E-state index is -5.38. The van der Waals surface area contributed by atoms with Crippen LogP contribution in [-0.2, 0) is 0 Å². The Hall–Kier alpha value is -0.570. The first-order chi connectivity index (χ1) is 5.25. The van der Waals surface area contributed by atoms with Gasteiger partial charge in [-0.25, -0.2) is 0 Å². The summed E-state index contributed by atoms with van der Waals surface area (Å²) < 4.78 is 79.3. The van der Waals surface area contributed by atoms with E-state index in [-0.39, 0.29) is 0 Å². The van der Waals surface area contributed by atoms with Crippen molar-refractivity contribution < 1.29 is 31.1 Å². The zero-order valence-corrected chi connectivity index (χ0v) is 5.32. The molecular formula is C3H3F7N2. The van der Waals surface area contributed by atoms with Gasteiger partial charge in [-0.05, 0) is 0 Å². The van der Waals surface area contributed by atoms with Crippen LogP contribution in [0.2, 0.25) is 0 Å². The first-order valence-electron chi connectivity index (χ1n) is 2.51. The van der Waals surface area contributed by atoms with Crippen molar-refractivity contribution >= 4 is 0 Å². The smallest absolute Gasteiger partial charge is 0.169 e. The molecule has 9 heteroatoms. The Morgan fingerprint density at radius 1 is 1.00 bits per heavy atom. The van der Waals surface area contributed by atoms with E-state index >= 15 is 0 Å². The fourth-order valence-corrected chi connectivity index (χ4v) is 0.407. The van der Waals surface area contributed by atoms with Gasteiger partial charge in [-0.1, -0.05) is 0 Å². The maximum absolute atomic E-state index is 11.4. The predicted octanol–water partition coefficient (Wildman–Crippen LogP) is 2.06. The van der Waals surface area contributed by atoms with Crippen LogP contribution in [0.25, 0.3) is 0 Å². The molecule has 1 atom stereocenters. The first-order valence-corrected chi connectivity index (χ1v) is 2.51. The van der Waals surface area contributed by atoms with E-state index in [1.54, 1.807) is 0 Å². The molecule has 0 saturated heterocycles. The van der Waals surface area contributed by atoms with Crippen LogP contribution < -0.4 is 0 Å². The van der Waals surface area contributed by atoms with Gasteiger partial charge >= 0.3 is 6.18 Å². The third-order valence-electron chi connectivity index (χ3n) is 0.924. The summed E-state index contributed by atoms with van der Waals surface area (Å²) in [5, 5.41) is -4.25. The molecular weight excluding hydrogens is 197 g/mol. The predicted molar refractivity (Wildman–Crippen MR) is 22.8 cm³/mol. The van der Waals surface area contributed by atoms with Gasteiger partial charge in [0.05, 0.1) is 6.54 Å². The van der Waals surface area contributed by atoms with Gasteiger partial charge in [-0.15, -0.1) is 17.9 Å². The molecule has 0 aliphatic carbocycles. The van der Waals surface area contributed by atoms with Crippen molar-refractivity contribution in [2.24, 2.45) is 0 Å². The summed E-state index contributed by atoms with van der Waals surface area (Å²) in [7, 11) is 0. The lowest BCUT2D eigenvalue weighted by Gasteiger charge is -2.18. The third-order valence-corrected chi connectivity index (χ3v) is 0.924. The Morgan fingerprint density at radius 2 is 1.42 bits per heavy atom. The monoisotopic (exact) mass is 200 g/mol. The first kappa shape index (κ1) is 11.4. The van der Waals surface area contributed by atoms with E-state index in [1.807, 2.05) is 0 Å². The molecule has 0 radical (unpaired) electrons. The third kappa shape index (κ3) is 3.72. The van der Waals surface area contributed by atoms with Gasteiger partial charge in [0.2, 0.25) is 0 Å². The normalized spacial score (nSPS) is 15.8. The molecule has 0 spiro atoms. The number of hydrogen-bond donors (Lipinski definition) is 0. The van der Waals surface area contributed by atoms with Crippen molar-refractivity contribution in [1.82, 2.24) is 10.7 Å². The molecule has 1 unspecified atom stereocenters. The van der Waals surface area contributed by atoms with Crippen LogP contribution in [0.3, 0.4) is 0 Å². The topological polar surface area (TPSA) is 6.48 Å². The minimum absolute atomic E-state index is 1.95. The second kappa shape index (κ2) is 3.90. The molecule has 0 aliphatic rings. The molecule has 0 bridgehead atoms. The highest BCUT2D eigenvalue weighted by molar-refractivity contribution is 4.71. The lowest BCUT2D eigenvalue weighted by molar-refractivity contribution is -0.306. The molecule has 74 valence electrons. The van der Waals surface area contributed by atoms with Gasteiger partial charge in [-0.3, -0.25) is 0 Å². The summed E-state index contributed by atoms with van der Waals surface area (Å²) in [6, 6.07) is -3.47. The van der Waals surface area contributed by atoms with Gasteiger partial charge < -0.3 is 0 Å². The van der Waals surface area contributed by atoms with E-state index in [2.05, 4.69) is 0 Å². The van der Waals surface area contributed by atoms with E-state index in [4.69, 9.17) is 0 Å². The summed E-state index contributed by atoms with van der Waals surface area (Å²) in [5.74, 6) is 0. The quantitative estimate of drug-likeness (QED) is 0.508. The van der Waals surface area contributed by atoms with Crippen molar-refractivity contribution in [3.05, 3.63) is 0 Å². The van der Waals surface area contributed by atoms with Crippen LogP contribution in [0.15, 0.2) is 0 Å². The lowest BCUT2D eigenvalue weighted by atomic mass is 10.3. The molecule has 0 fully saturated rings. The molecule has 0 aromatic heterocycles. The SMILES string of the molecule is FN(F)CC(N(F)F)C(F)(F)F. The molecule has 12 heavy (non-hydrogen) atoms. The maximum atomic E-state index is 11.4. The molecule has 0 saturated carbocycles. The molecule has 2 nitrogen and oxygen atoms in total. The highest BCUT2D eigenvalue weighted by Crippen LogP contribution is 2.26. The molecule has 0 N–H and O–H groups in total. The van der Waals surface area contributed by atoms with Crippen LogP contribution >= 0.6 is 0 Å². The Balaban J connectivity index is 4.25. The van der Waals surface area contributed by atoms with Crippen molar-refractivity contribution in [3.63, 3.8) is 0 Å². The maximum Gasteiger partial charge on any atom is 0.410 e. The van der Waals surface area contributed by atoms with Crippen LogP contribution in [0.4, 0.5) is 31.1 Å². The van der Waals surface area contributed by atoms with E-state index in [1.165, 1.54) is 0 Å². The highest BCUT2D eigenvalue weighted by atomic mass is 19.4. The second-order valence-electron chi connectivity index (χ2n) is 1.80. The van der Waals surface area contributed by atoms with Crippen LogP contribution in [0.5, 0.6) is 0 Å². The van der Waals surface area contributed by atoms with Crippen molar-refractivity contribution in [2.75, 3.05) is 6.54 Å². The molecule has 0 aromatic rings. The number of alkyl halides is 3. The van der Waals surface area contributed by atoms with Gasteiger partial charge in [0.25, 0.3) is 0 Å². The Morgan fingerprint density at radius 3 is 1.50 bits per heavy atom. The van der Waals surface area contributed by atoms with E-state index in [9.17, 15) is 31.1 Å². The Bertz CT molecular complexity index is 131. The molecule has 0 aromatic carbocycles. The van der Waals surface area contributed by atoms with E-state index in [0.717, 1.165) is 0 Å². The van der Waals surface area contributed by atoms with Gasteiger partial charge in [0, 0.05) is 10.7 Å². The largest absolute Gasteiger partial charge is 0.410 e. The fraction of sp³-hybridized carbons (Fsp3) is 1.00. The zero-order chi connectivity index (χ0) is 9.94. The second-order valence-corrected chi connectivity index (χ2v) is 1.80. The number of hydrogen-bond acceptors (Lipinski definition) is 2. The molecule has 0 rings (SSSR count). The number of nitrogens with zero attached hydrogens (tertiary/aromatic N) is 2. The summed E-state index contributed by atoms with van der Waals surface area (Å²) in [6.07, 6.45) is -5.38. The Labute approximate surface area is 61.9 Å². The standard InChI is InChI=1S/C3H3F7N2/c4-3(5,6)2(12(9)10)1-11(7)8/h2H,1H2. The summed E-state index contributed by atoms with van der Waals surface area (Å²) >= 11 is 0. The van der Waals surface area contributed by atoms with Crippen molar-refractivity contribution in [1.29, 1.82) is 0 Å². The fourth-order valence-electron chi connectivity index (χ4n) is 0.407. The van der Waals surface area contributed by atoms with Crippen molar-refractivity contribution in [2.45, 2.75) is 12.2 Å². The van der Waals surface area contributed by atoms with Crippen LogP contribution in [0.1, 0.15) is 0 Å². The average molecular weight is 200 g/mol. The Kier molecular flexibility index (Phi) is 3.71. The molecule has 0 heterocycles. The minimum Gasteiger partial charge on any atom is -0.169 e. The molecule has 0 aliphatic heterocycles. The average Bonchev–Trinajstić information content (AvgIpc) is 1.79. The number of halogens is 7. The van der Waals surface area contributed by atoms with Gasteiger partial charge in [0.1, 0.15) is 0 Å². The van der Waals surface area contributed by atoms with Crippen molar-refractivity contribution in [3.8, 4) is 0 Å². The molecule has 0 amide bonds. The van der Waals surface area contributed by atoms with E-state index in [0.29, 0.717) is 0 Å². The highest BCUT2D eigenvalue weighted by Gasteiger charge is 2.47. The van der Waals surface area contributed by atoms with Gasteiger partial charge in [0.15, 0.2) is 6.04 Å². The summed E-state index contributed by atoms with van der Waals surface area (Å²) in [6.45, 7) is -2.09. The van der Waals surface area contributed by atoms with Crippen LogP contribution in [-0.4, -0.2) is 29.5 Å². The number of rotatable bonds is 3. The zero-order valence-electron chi connectivity index (χ0n) is 5.32. The summed E-state index contributed by atoms with van der Waals surface area (Å²) in [5.41, 5.74) is 0. The van der Waals surface area contributed by atoms with Gasteiger partial charge in [-0.2, -0.15) is 13.2 Å².